The Labute approximate surface area is 307 Å². The van der Waals surface area contributed by atoms with E-state index < -0.39 is 10.0 Å². The number of allylic oxidation sites excluding steroid dienone is 2. The van der Waals surface area contributed by atoms with Crippen molar-refractivity contribution in [1.82, 2.24) is 4.72 Å². The van der Waals surface area contributed by atoms with Gasteiger partial charge in [-0.2, -0.15) is 0 Å². The van der Waals surface area contributed by atoms with Crippen molar-refractivity contribution < 1.29 is 13.2 Å². The van der Waals surface area contributed by atoms with E-state index in [1.165, 1.54) is 9.75 Å². The van der Waals surface area contributed by atoms with Crippen LogP contribution in [0.1, 0.15) is 186 Å². The lowest BCUT2D eigenvalue weighted by atomic mass is 9.71. The number of sulfonamides is 1. The topological polar surface area (TPSA) is 55.4 Å². The van der Waals surface area contributed by atoms with E-state index in [1.807, 2.05) is 45.1 Å². The molecule has 0 spiro atoms. The molecular weight excluding hydrogens is 631 g/mol. The Hall–Kier alpha value is -0.950. The zero-order valence-corrected chi connectivity index (χ0v) is 37.6. The van der Waals surface area contributed by atoms with Crippen molar-refractivity contribution in [2.24, 2.45) is 22.2 Å². The summed E-state index contributed by atoms with van der Waals surface area (Å²) in [5.74, 6) is 2.02. The summed E-state index contributed by atoms with van der Waals surface area (Å²) in [6, 6.07) is 4.54. The Morgan fingerprint density at radius 1 is 0.812 bits per heavy atom. The van der Waals surface area contributed by atoms with E-state index in [-0.39, 0.29) is 11.3 Å². The molecule has 0 bridgehead atoms. The highest BCUT2D eigenvalue weighted by Gasteiger charge is 2.35. The Morgan fingerprint density at radius 3 is 1.40 bits per heavy atom. The summed E-state index contributed by atoms with van der Waals surface area (Å²) in [5.41, 5.74) is 1.18. The quantitative estimate of drug-likeness (QED) is 0.194. The summed E-state index contributed by atoms with van der Waals surface area (Å²) >= 11 is 1.95. The standard InChI is InChI=1S/C11H22O.C10H16S.C8H18.C6H13NO2S.C5H10.C2H6/c1-10(2)12-9-7-6-8-11(3,4)5;1-7(2)9-5-6-10(11-9)8(3)4;1-7(2,3)8(4,5)6;1-5(2)7-10(8,9)6-3-4-6;1-4-5(2)3;1-2/h6,8,10H,7,9H2,1-5H3;5-8H,1-4H3;1-6H3;5-7H,3-4H2,1-2H3;4-5H,1H2,2-3H3;1-2H3/b8-6+;;;;;. The second kappa shape index (κ2) is 26.8. The van der Waals surface area contributed by atoms with Gasteiger partial charge in [-0.3, -0.25) is 0 Å². The Kier molecular flexibility index (Phi) is 30.1. The molecule has 0 amide bonds. The Morgan fingerprint density at radius 2 is 1.19 bits per heavy atom. The fourth-order valence-corrected chi connectivity index (χ4v) is 5.22. The molecule has 0 radical (unpaired) electrons. The van der Waals surface area contributed by atoms with Crippen LogP contribution in [0.4, 0.5) is 0 Å². The molecule has 48 heavy (non-hydrogen) atoms. The van der Waals surface area contributed by atoms with Crippen LogP contribution in [0.5, 0.6) is 0 Å². The van der Waals surface area contributed by atoms with Crippen LogP contribution in [0.2, 0.25) is 0 Å². The third kappa shape index (κ3) is 34.9. The van der Waals surface area contributed by atoms with Crippen molar-refractivity contribution >= 4 is 21.4 Å². The molecule has 1 heterocycles. The fraction of sp³-hybridized carbons (Fsp3) is 0.810. The van der Waals surface area contributed by atoms with E-state index in [0.29, 0.717) is 40.1 Å². The van der Waals surface area contributed by atoms with Gasteiger partial charge >= 0.3 is 0 Å². The highest BCUT2D eigenvalue weighted by atomic mass is 32.2. The van der Waals surface area contributed by atoms with Gasteiger partial charge in [-0.15, -0.1) is 17.9 Å². The fourth-order valence-electron chi connectivity index (χ4n) is 2.60. The van der Waals surface area contributed by atoms with Gasteiger partial charge in [0.15, 0.2) is 0 Å². The van der Waals surface area contributed by atoms with Crippen LogP contribution in [0.15, 0.2) is 36.9 Å². The molecule has 0 atom stereocenters. The second-order valence-electron chi connectivity index (χ2n) is 17.0. The SMILES string of the molecule is C=CC(C)C.CC.CC(C)(C)C(C)(C)C.CC(C)NS(=O)(=O)C1CC1.CC(C)OCC/C=C/C(C)(C)C.CC(C)c1ccc(C(C)C)s1. The van der Waals surface area contributed by atoms with Crippen LogP contribution >= 0.6 is 11.3 Å². The third-order valence-electron chi connectivity index (χ3n) is 7.22. The lowest BCUT2D eigenvalue weighted by Crippen LogP contribution is -2.32. The van der Waals surface area contributed by atoms with Crippen LogP contribution in [-0.4, -0.2) is 32.4 Å². The summed E-state index contributed by atoms with van der Waals surface area (Å²) in [4.78, 5) is 3.02. The zero-order valence-electron chi connectivity index (χ0n) is 35.9. The van der Waals surface area contributed by atoms with Crippen molar-refractivity contribution in [3.05, 3.63) is 46.7 Å². The van der Waals surface area contributed by atoms with E-state index >= 15 is 0 Å². The summed E-state index contributed by atoms with van der Waals surface area (Å²) < 4.78 is 30.1. The number of nitrogens with one attached hydrogen (secondary N) is 1. The first kappa shape index (κ1) is 53.8. The van der Waals surface area contributed by atoms with E-state index in [1.54, 1.807) is 0 Å². The zero-order chi connectivity index (χ0) is 39.1. The molecule has 1 aliphatic carbocycles. The average molecular weight is 716 g/mol. The predicted octanol–water partition coefficient (Wildman–Crippen LogP) is 13.8. The Bertz CT molecular complexity index is 988. The summed E-state index contributed by atoms with van der Waals surface area (Å²) in [6.45, 7) is 49.6. The maximum atomic E-state index is 11.1. The molecule has 1 saturated carbocycles. The van der Waals surface area contributed by atoms with Gasteiger partial charge in [0.2, 0.25) is 10.0 Å². The maximum Gasteiger partial charge on any atom is 0.214 e. The van der Waals surface area contributed by atoms with Crippen LogP contribution < -0.4 is 4.72 Å². The average Bonchev–Trinajstić information content (AvgIpc) is 3.65. The van der Waals surface area contributed by atoms with Crippen molar-refractivity contribution in [1.29, 1.82) is 0 Å². The highest BCUT2D eigenvalue weighted by Crippen LogP contribution is 2.36. The number of rotatable bonds is 10. The van der Waals surface area contributed by atoms with Gasteiger partial charge in [0.25, 0.3) is 0 Å². The van der Waals surface area contributed by atoms with Gasteiger partial charge in [-0.05, 0) is 93.1 Å². The van der Waals surface area contributed by atoms with Gasteiger partial charge in [-0.1, -0.05) is 136 Å². The van der Waals surface area contributed by atoms with Crippen LogP contribution in [-0.2, 0) is 14.8 Å². The minimum atomic E-state index is -2.94. The summed E-state index contributed by atoms with van der Waals surface area (Å²) in [5, 5.41) is -0.0881. The normalized spacial score (nSPS) is 13.5. The molecule has 0 unspecified atom stereocenters. The summed E-state index contributed by atoms with van der Waals surface area (Å²) in [7, 11) is -2.94. The van der Waals surface area contributed by atoms with Crippen LogP contribution in [0, 0.1) is 22.2 Å². The number of ether oxygens (including phenoxy) is 1. The van der Waals surface area contributed by atoms with E-state index in [4.69, 9.17) is 4.74 Å². The smallest absolute Gasteiger partial charge is 0.214 e. The minimum Gasteiger partial charge on any atom is -0.378 e. The van der Waals surface area contributed by atoms with Crippen molar-refractivity contribution in [2.45, 2.75) is 194 Å². The van der Waals surface area contributed by atoms with Crippen LogP contribution in [0.25, 0.3) is 0 Å². The van der Waals surface area contributed by atoms with Gasteiger partial charge in [0.1, 0.15) is 0 Å². The highest BCUT2D eigenvalue weighted by molar-refractivity contribution is 7.90. The molecule has 1 N–H and O–H groups in total. The molecule has 2 rings (SSSR count). The van der Waals surface area contributed by atoms with Crippen molar-refractivity contribution in [2.75, 3.05) is 6.61 Å². The molecule has 1 aromatic rings. The lowest BCUT2D eigenvalue weighted by molar-refractivity contribution is 0.0825. The molecule has 1 aromatic heterocycles. The second-order valence-corrected chi connectivity index (χ2v) is 20.2. The maximum absolute atomic E-state index is 11.1. The van der Waals surface area contributed by atoms with Crippen molar-refractivity contribution in [3.8, 4) is 0 Å². The molecule has 288 valence electrons. The number of thiophene rings is 1. The van der Waals surface area contributed by atoms with Gasteiger partial charge in [0, 0.05) is 15.8 Å². The van der Waals surface area contributed by atoms with Gasteiger partial charge < -0.3 is 4.74 Å². The molecule has 6 heteroatoms. The molecule has 0 aromatic carbocycles. The molecular formula is C42H85NO3S2. The minimum absolute atomic E-state index is 0.0330. The monoisotopic (exact) mass is 716 g/mol. The van der Waals surface area contributed by atoms with E-state index in [9.17, 15) is 8.42 Å². The molecule has 0 aliphatic heterocycles. The van der Waals surface area contributed by atoms with Crippen LogP contribution in [0.3, 0.4) is 0 Å². The summed E-state index contributed by atoms with van der Waals surface area (Å²) in [6.07, 6.45) is 9.39. The predicted molar refractivity (Wildman–Crippen MR) is 222 cm³/mol. The first-order chi connectivity index (χ1) is 21.6. The lowest BCUT2D eigenvalue weighted by Gasteiger charge is -2.34. The Balaban J connectivity index is -0.000000254. The molecule has 1 aliphatic rings. The molecule has 0 saturated heterocycles. The third-order valence-corrected chi connectivity index (χ3v) is 11.1. The van der Waals surface area contributed by atoms with E-state index in [2.05, 4.69) is 153 Å². The largest absolute Gasteiger partial charge is 0.378 e. The van der Waals surface area contributed by atoms with Gasteiger partial charge in [0.05, 0.1) is 18.0 Å². The van der Waals surface area contributed by atoms with E-state index in [0.717, 1.165) is 25.9 Å². The van der Waals surface area contributed by atoms with Crippen molar-refractivity contribution in [3.63, 3.8) is 0 Å². The first-order valence-electron chi connectivity index (χ1n) is 18.6. The van der Waals surface area contributed by atoms with Gasteiger partial charge in [-0.25, -0.2) is 13.1 Å². The molecule has 4 nitrogen and oxygen atoms in total. The number of hydrogen-bond acceptors (Lipinski definition) is 4. The number of hydrogen-bond donors (Lipinski definition) is 1. The molecule has 1 fully saturated rings. The first-order valence-corrected chi connectivity index (χ1v) is 21.0.